The standard InChI is InChI=1S/C23H19FN8O2/c1-12(28-20-18(19(25)26-11-27-20)22-29-13(2)31-34-22)21-30-17-9-8-14(24)10-16(17)23(33)32(21)15-6-4-3-5-7-15/h3-12H,1-2H3,(H3,25,26,27,28)/t12-/m0/s1. The van der Waals surface area contributed by atoms with E-state index in [1.165, 1.54) is 29.1 Å². The number of anilines is 2. The maximum atomic E-state index is 13.9. The predicted octanol–water partition coefficient (Wildman–Crippen LogP) is 3.43. The summed E-state index contributed by atoms with van der Waals surface area (Å²) in [6.07, 6.45) is 1.30. The van der Waals surface area contributed by atoms with E-state index in [4.69, 9.17) is 10.3 Å². The highest BCUT2D eigenvalue weighted by atomic mass is 19.1. The van der Waals surface area contributed by atoms with Gasteiger partial charge >= 0.3 is 0 Å². The van der Waals surface area contributed by atoms with Crippen molar-refractivity contribution in [2.75, 3.05) is 11.1 Å². The minimum Gasteiger partial charge on any atom is -0.383 e. The molecule has 10 nitrogen and oxygen atoms in total. The molecule has 1 atom stereocenters. The van der Waals surface area contributed by atoms with E-state index in [0.717, 1.165) is 0 Å². The molecule has 11 heteroatoms. The van der Waals surface area contributed by atoms with Gasteiger partial charge in [0.15, 0.2) is 5.82 Å². The summed E-state index contributed by atoms with van der Waals surface area (Å²) in [5.74, 6) is 0.944. The lowest BCUT2D eigenvalue weighted by molar-refractivity contribution is 0.425. The van der Waals surface area contributed by atoms with Gasteiger partial charge in [-0.2, -0.15) is 4.98 Å². The molecule has 0 radical (unpaired) electrons. The van der Waals surface area contributed by atoms with Gasteiger partial charge in [-0.05, 0) is 44.2 Å². The van der Waals surface area contributed by atoms with Crippen LogP contribution in [0.1, 0.15) is 24.6 Å². The Balaban J connectivity index is 1.67. The van der Waals surface area contributed by atoms with E-state index in [1.54, 1.807) is 31.2 Å². The molecule has 0 bridgehead atoms. The first-order valence-corrected chi connectivity index (χ1v) is 10.4. The third-order valence-electron chi connectivity index (χ3n) is 5.23. The fourth-order valence-electron chi connectivity index (χ4n) is 3.68. The van der Waals surface area contributed by atoms with Gasteiger partial charge in [0.2, 0.25) is 0 Å². The molecule has 3 N–H and O–H groups in total. The molecule has 3 aromatic heterocycles. The summed E-state index contributed by atoms with van der Waals surface area (Å²) in [7, 11) is 0. The molecule has 2 aromatic carbocycles. The first-order valence-electron chi connectivity index (χ1n) is 10.4. The Hall–Kier alpha value is -4.67. The summed E-state index contributed by atoms with van der Waals surface area (Å²) in [4.78, 5) is 30.7. The zero-order valence-electron chi connectivity index (χ0n) is 18.2. The minimum absolute atomic E-state index is 0.149. The third kappa shape index (κ3) is 3.72. The molecule has 170 valence electrons. The maximum absolute atomic E-state index is 13.9. The number of para-hydroxylation sites is 1. The number of fused-ring (bicyclic) bond motifs is 1. The van der Waals surface area contributed by atoms with Crippen molar-refractivity contribution < 1.29 is 8.91 Å². The monoisotopic (exact) mass is 458 g/mol. The average Bonchev–Trinajstić information content (AvgIpc) is 3.25. The van der Waals surface area contributed by atoms with E-state index < -0.39 is 17.4 Å². The first-order chi connectivity index (χ1) is 16.4. The predicted molar refractivity (Wildman–Crippen MR) is 124 cm³/mol. The Kier molecular flexibility index (Phi) is 5.21. The number of nitrogen functional groups attached to an aromatic ring is 1. The van der Waals surface area contributed by atoms with Crippen molar-refractivity contribution in [3.8, 4) is 17.1 Å². The van der Waals surface area contributed by atoms with Crippen molar-refractivity contribution in [2.24, 2.45) is 0 Å². The van der Waals surface area contributed by atoms with Gasteiger partial charge in [0.1, 0.15) is 35.2 Å². The second-order valence-corrected chi connectivity index (χ2v) is 7.60. The molecule has 0 aliphatic rings. The first kappa shape index (κ1) is 21.2. The number of hydrogen-bond acceptors (Lipinski definition) is 9. The van der Waals surface area contributed by atoms with Crippen LogP contribution in [0.25, 0.3) is 28.0 Å². The molecule has 0 saturated heterocycles. The largest absolute Gasteiger partial charge is 0.383 e. The van der Waals surface area contributed by atoms with Crippen molar-refractivity contribution in [1.82, 2.24) is 29.7 Å². The smallest absolute Gasteiger partial charge is 0.266 e. The lowest BCUT2D eigenvalue weighted by Gasteiger charge is -2.21. The lowest BCUT2D eigenvalue weighted by Crippen LogP contribution is -2.27. The number of rotatable bonds is 5. The summed E-state index contributed by atoms with van der Waals surface area (Å²) >= 11 is 0. The van der Waals surface area contributed by atoms with Gasteiger partial charge in [0.05, 0.1) is 22.6 Å². The lowest BCUT2D eigenvalue weighted by atomic mass is 10.2. The van der Waals surface area contributed by atoms with Gasteiger partial charge in [0.25, 0.3) is 11.4 Å². The molecule has 34 heavy (non-hydrogen) atoms. The Morgan fingerprint density at radius 1 is 1.12 bits per heavy atom. The van der Waals surface area contributed by atoms with E-state index in [2.05, 4.69) is 30.4 Å². The summed E-state index contributed by atoms with van der Waals surface area (Å²) in [5, 5.41) is 7.21. The van der Waals surface area contributed by atoms with Crippen molar-refractivity contribution >= 4 is 22.5 Å². The van der Waals surface area contributed by atoms with Crippen LogP contribution in [0.3, 0.4) is 0 Å². The highest BCUT2D eigenvalue weighted by Crippen LogP contribution is 2.31. The van der Waals surface area contributed by atoms with E-state index in [0.29, 0.717) is 34.2 Å². The van der Waals surface area contributed by atoms with Gasteiger partial charge in [0, 0.05) is 0 Å². The number of nitrogens with zero attached hydrogens (tertiary/aromatic N) is 6. The number of halogens is 1. The van der Waals surface area contributed by atoms with E-state index in [1.807, 2.05) is 13.0 Å². The Bertz CT molecular complexity index is 1570. The highest BCUT2D eigenvalue weighted by molar-refractivity contribution is 5.80. The summed E-state index contributed by atoms with van der Waals surface area (Å²) < 4.78 is 20.6. The van der Waals surface area contributed by atoms with Gasteiger partial charge in [-0.1, -0.05) is 23.4 Å². The van der Waals surface area contributed by atoms with Crippen LogP contribution in [0.4, 0.5) is 16.0 Å². The number of nitrogens with two attached hydrogens (primary N) is 1. The van der Waals surface area contributed by atoms with Gasteiger partial charge in [-0.3, -0.25) is 9.36 Å². The zero-order valence-corrected chi connectivity index (χ0v) is 18.2. The Morgan fingerprint density at radius 3 is 2.65 bits per heavy atom. The number of aromatic nitrogens is 6. The molecule has 5 rings (SSSR count). The molecule has 0 unspecified atom stereocenters. The topological polar surface area (TPSA) is 138 Å². The SMILES string of the molecule is Cc1noc(-c2c(N)ncnc2N[C@@H](C)c2nc3ccc(F)cc3c(=O)n2-c2ccccc2)n1. The number of benzene rings is 2. The maximum Gasteiger partial charge on any atom is 0.266 e. The average molecular weight is 458 g/mol. The third-order valence-corrected chi connectivity index (χ3v) is 5.23. The van der Waals surface area contributed by atoms with Crippen LogP contribution < -0.4 is 16.6 Å². The number of hydrogen-bond donors (Lipinski definition) is 2. The van der Waals surface area contributed by atoms with Gasteiger partial charge in [-0.15, -0.1) is 0 Å². The molecule has 0 saturated carbocycles. The van der Waals surface area contributed by atoms with Crippen LogP contribution >= 0.6 is 0 Å². The Labute approximate surface area is 192 Å². The van der Waals surface area contributed by atoms with Crippen LogP contribution in [0.15, 0.2) is 64.2 Å². The molecule has 0 spiro atoms. The molecule has 0 amide bonds. The van der Waals surface area contributed by atoms with Crippen molar-refractivity contribution in [2.45, 2.75) is 19.9 Å². The molecule has 0 fully saturated rings. The zero-order chi connectivity index (χ0) is 23.8. The van der Waals surface area contributed by atoms with Crippen LogP contribution in [-0.2, 0) is 0 Å². The van der Waals surface area contributed by atoms with Crippen LogP contribution in [-0.4, -0.2) is 29.7 Å². The molecular formula is C23H19FN8O2. The second-order valence-electron chi connectivity index (χ2n) is 7.60. The van der Waals surface area contributed by atoms with Crippen molar-refractivity contribution in [3.05, 3.63) is 82.7 Å². The molecule has 3 heterocycles. The van der Waals surface area contributed by atoms with E-state index >= 15 is 0 Å². The molecule has 0 aliphatic heterocycles. The van der Waals surface area contributed by atoms with Crippen LogP contribution in [0, 0.1) is 12.7 Å². The van der Waals surface area contributed by atoms with Crippen molar-refractivity contribution in [1.29, 1.82) is 0 Å². The fourth-order valence-corrected chi connectivity index (χ4v) is 3.68. The van der Waals surface area contributed by atoms with Crippen LogP contribution in [0.5, 0.6) is 0 Å². The number of aryl methyl sites for hydroxylation is 1. The summed E-state index contributed by atoms with van der Waals surface area (Å²) in [6.45, 7) is 3.50. The molecule has 0 aliphatic carbocycles. The molecule has 5 aromatic rings. The van der Waals surface area contributed by atoms with Crippen molar-refractivity contribution in [3.63, 3.8) is 0 Å². The Morgan fingerprint density at radius 2 is 1.91 bits per heavy atom. The second kappa shape index (κ2) is 8.35. The van der Waals surface area contributed by atoms with E-state index in [-0.39, 0.29) is 17.1 Å². The van der Waals surface area contributed by atoms with Crippen LogP contribution in [0.2, 0.25) is 0 Å². The normalized spacial score (nSPS) is 12.1. The van der Waals surface area contributed by atoms with E-state index in [9.17, 15) is 9.18 Å². The highest BCUT2D eigenvalue weighted by Gasteiger charge is 2.23. The fraction of sp³-hybridized carbons (Fsp3) is 0.130. The summed E-state index contributed by atoms with van der Waals surface area (Å²) in [6, 6.07) is 12.4. The minimum atomic E-state index is -0.542. The number of nitrogens with one attached hydrogen (secondary N) is 1. The quantitative estimate of drug-likeness (QED) is 0.406. The summed E-state index contributed by atoms with van der Waals surface area (Å²) in [5.41, 5.74) is 6.99. The van der Waals surface area contributed by atoms with Gasteiger partial charge < -0.3 is 15.6 Å². The molecular weight excluding hydrogens is 439 g/mol. The van der Waals surface area contributed by atoms with Gasteiger partial charge in [-0.25, -0.2) is 19.3 Å².